The predicted molar refractivity (Wildman–Crippen MR) is 125 cm³/mol. The minimum Gasteiger partial charge on any atom is -0.213 e. The van der Waals surface area contributed by atoms with E-state index >= 15 is 0 Å². The maximum Gasteiger partial charge on any atom is 0.215 e. The van der Waals surface area contributed by atoms with Crippen LogP contribution in [0, 0.1) is 16.7 Å². The molecule has 31 heavy (non-hydrogen) atoms. The SMILES string of the molecule is CC1(C)[C@@H]2CC[C@@]1(CS(=O)(=O)N(C1CCCCC1)C1CCCCC1)[C@@H](NS(C)(=O)=O)C2. The number of fused-ring (bicyclic) bond motifs is 2. The normalized spacial score (nSPS) is 35.1. The molecule has 0 saturated heterocycles. The van der Waals surface area contributed by atoms with Crippen LogP contribution in [0.15, 0.2) is 0 Å². The van der Waals surface area contributed by atoms with Crippen LogP contribution >= 0.6 is 0 Å². The van der Waals surface area contributed by atoms with Gasteiger partial charge >= 0.3 is 0 Å². The Hall–Kier alpha value is -0.180. The maximum absolute atomic E-state index is 14.2. The lowest BCUT2D eigenvalue weighted by Gasteiger charge is -2.46. The second kappa shape index (κ2) is 8.55. The van der Waals surface area contributed by atoms with E-state index < -0.39 is 25.5 Å². The molecule has 4 rings (SSSR count). The molecule has 2 bridgehead atoms. The molecule has 8 heteroatoms. The van der Waals surface area contributed by atoms with Crippen molar-refractivity contribution < 1.29 is 16.8 Å². The molecular weight excluding hydrogens is 432 g/mol. The molecule has 4 aliphatic carbocycles. The highest BCUT2D eigenvalue weighted by atomic mass is 32.2. The summed E-state index contributed by atoms with van der Waals surface area (Å²) in [4.78, 5) is 0. The van der Waals surface area contributed by atoms with Crippen molar-refractivity contribution in [2.45, 2.75) is 115 Å². The second-order valence-corrected chi connectivity index (χ2v) is 15.1. The van der Waals surface area contributed by atoms with E-state index in [0.717, 1.165) is 70.6 Å². The lowest BCUT2D eigenvalue weighted by Crippen LogP contribution is -2.56. The van der Waals surface area contributed by atoms with Gasteiger partial charge in [-0.15, -0.1) is 0 Å². The molecular formula is C23H42N2O4S2. The summed E-state index contributed by atoms with van der Waals surface area (Å²) in [5.41, 5.74) is -0.714. The Bertz CT molecular complexity index is 840. The zero-order chi connectivity index (χ0) is 22.5. The van der Waals surface area contributed by atoms with Crippen molar-refractivity contribution in [1.82, 2.24) is 9.03 Å². The summed E-state index contributed by atoms with van der Waals surface area (Å²) in [6, 6.07) is -0.0341. The van der Waals surface area contributed by atoms with Crippen LogP contribution in [-0.4, -0.2) is 51.3 Å². The molecule has 1 N–H and O–H groups in total. The molecule has 4 saturated carbocycles. The first-order chi connectivity index (χ1) is 14.5. The summed E-state index contributed by atoms with van der Waals surface area (Å²) in [5.74, 6) is 0.462. The van der Waals surface area contributed by atoms with Crippen molar-refractivity contribution in [3.05, 3.63) is 0 Å². The van der Waals surface area contributed by atoms with Gasteiger partial charge in [0.25, 0.3) is 0 Å². The fraction of sp³-hybridized carbons (Fsp3) is 1.00. The van der Waals surface area contributed by atoms with Gasteiger partial charge in [0.1, 0.15) is 0 Å². The van der Waals surface area contributed by atoms with Crippen molar-refractivity contribution in [2.75, 3.05) is 12.0 Å². The van der Waals surface area contributed by atoms with Crippen LogP contribution in [0.3, 0.4) is 0 Å². The molecule has 0 unspecified atom stereocenters. The molecule has 0 radical (unpaired) electrons. The van der Waals surface area contributed by atoms with Gasteiger partial charge in [-0.05, 0) is 56.3 Å². The van der Waals surface area contributed by atoms with E-state index in [-0.39, 0.29) is 29.3 Å². The zero-order valence-electron chi connectivity index (χ0n) is 19.6. The van der Waals surface area contributed by atoms with Gasteiger partial charge in [-0.25, -0.2) is 21.6 Å². The summed E-state index contributed by atoms with van der Waals surface area (Å²) < 4.78 is 57.5. The maximum atomic E-state index is 14.2. The van der Waals surface area contributed by atoms with Gasteiger partial charge in [-0.1, -0.05) is 52.4 Å². The van der Waals surface area contributed by atoms with E-state index in [9.17, 15) is 16.8 Å². The third kappa shape index (κ3) is 4.47. The van der Waals surface area contributed by atoms with Crippen molar-refractivity contribution in [3.63, 3.8) is 0 Å². The van der Waals surface area contributed by atoms with E-state index in [0.29, 0.717) is 5.92 Å². The quantitative estimate of drug-likeness (QED) is 0.604. The Morgan fingerprint density at radius 3 is 1.81 bits per heavy atom. The predicted octanol–water partition coefficient (Wildman–Crippen LogP) is 4.03. The molecule has 3 atom stereocenters. The van der Waals surface area contributed by atoms with E-state index in [1.165, 1.54) is 19.1 Å². The van der Waals surface area contributed by atoms with E-state index in [1.54, 1.807) is 0 Å². The Morgan fingerprint density at radius 1 is 0.839 bits per heavy atom. The van der Waals surface area contributed by atoms with Crippen molar-refractivity contribution in [3.8, 4) is 0 Å². The Balaban J connectivity index is 1.67. The first-order valence-corrected chi connectivity index (χ1v) is 15.9. The van der Waals surface area contributed by atoms with Crippen molar-refractivity contribution in [1.29, 1.82) is 0 Å². The highest BCUT2D eigenvalue weighted by Crippen LogP contribution is 2.66. The highest BCUT2D eigenvalue weighted by molar-refractivity contribution is 7.89. The summed E-state index contributed by atoms with van der Waals surface area (Å²) in [6.07, 6.45) is 14.5. The summed E-state index contributed by atoms with van der Waals surface area (Å²) in [6.45, 7) is 4.35. The molecule has 0 aliphatic heterocycles. The molecule has 4 aliphatic rings. The number of sulfonamides is 2. The fourth-order valence-electron chi connectivity index (χ4n) is 7.67. The van der Waals surface area contributed by atoms with Crippen LogP contribution in [0.4, 0.5) is 0 Å². The Morgan fingerprint density at radius 2 is 1.35 bits per heavy atom. The molecule has 4 fully saturated rings. The molecule has 0 amide bonds. The van der Waals surface area contributed by atoms with E-state index in [4.69, 9.17) is 0 Å². The molecule has 0 spiro atoms. The minimum atomic E-state index is -3.51. The van der Waals surface area contributed by atoms with Gasteiger partial charge < -0.3 is 0 Å². The third-order valence-electron chi connectivity index (χ3n) is 9.42. The van der Waals surface area contributed by atoms with Crippen LogP contribution in [-0.2, 0) is 20.0 Å². The number of hydrogen-bond donors (Lipinski definition) is 1. The van der Waals surface area contributed by atoms with E-state index in [1.807, 2.05) is 4.31 Å². The van der Waals surface area contributed by atoms with Crippen LogP contribution in [0.1, 0.15) is 97.3 Å². The topological polar surface area (TPSA) is 83.6 Å². The molecule has 0 aromatic carbocycles. The second-order valence-electron chi connectivity index (χ2n) is 11.5. The molecule has 0 aromatic rings. The average molecular weight is 475 g/mol. The number of hydrogen-bond acceptors (Lipinski definition) is 4. The van der Waals surface area contributed by atoms with E-state index in [2.05, 4.69) is 18.6 Å². The molecule has 180 valence electrons. The van der Waals surface area contributed by atoms with Crippen molar-refractivity contribution in [2.24, 2.45) is 16.7 Å². The summed E-state index contributed by atoms with van der Waals surface area (Å²) in [7, 11) is -6.90. The van der Waals surface area contributed by atoms with Crippen LogP contribution in [0.25, 0.3) is 0 Å². The highest BCUT2D eigenvalue weighted by Gasteiger charge is 2.66. The third-order valence-corrected chi connectivity index (χ3v) is 12.2. The summed E-state index contributed by atoms with van der Waals surface area (Å²) in [5, 5.41) is 0. The van der Waals surface area contributed by atoms with Gasteiger partial charge in [-0.3, -0.25) is 0 Å². The summed E-state index contributed by atoms with van der Waals surface area (Å²) >= 11 is 0. The number of rotatable bonds is 7. The van der Waals surface area contributed by atoms with Gasteiger partial charge in [0.15, 0.2) is 0 Å². The number of nitrogens with one attached hydrogen (secondary N) is 1. The molecule has 0 heterocycles. The number of nitrogens with zero attached hydrogens (tertiary/aromatic N) is 1. The Labute approximate surface area is 190 Å². The minimum absolute atomic E-state index is 0.0870. The van der Waals surface area contributed by atoms with Crippen molar-refractivity contribution >= 4 is 20.0 Å². The van der Waals surface area contributed by atoms with Gasteiger partial charge in [0.05, 0.1) is 12.0 Å². The van der Waals surface area contributed by atoms with Crippen LogP contribution in [0.2, 0.25) is 0 Å². The average Bonchev–Trinajstić information content (AvgIpc) is 3.03. The van der Waals surface area contributed by atoms with Gasteiger partial charge in [0.2, 0.25) is 20.0 Å². The monoisotopic (exact) mass is 474 g/mol. The van der Waals surface area contributed by atoms with Gasteiger partial charge in [0, 0.05) is 23.5 Å². The first kappa shape index (κ1) is 24.0. The molecule has 0 aromatic heterocycles. The van der Waals surface area contributed by atoms with Crippen LogP contribution < -0.4 is 4.72 Å². The largest absolute Gasteiger partial charge is 0.215 e. The standard InChI is InChI=1S/C23H42N2O4S2/c1-22(2)18-14-15-23(22,21(16-18)24-30(3,26)27)17-31(28,29)25(19-10-6-4-7-11-19)20-12-8-5-9-13-20/h18-21,24H,4-17H2,1-3H3/t18-,21+,23-/m1/s1. The van der Waals surface area contributed by atoms with Crippen LogP contribution in [0.5, 0.6) is 0 Å². The molecule has 6 nitrogen and oxygen atoms in total. The first-order valence-electron chi connectivity index (χ1n) is 12.4. The smallest absolute Gasteiger partial charge is 0.213 e. The zero-order valence-corrected chi connectivity index (χ0v) is 21.2. The lowest BCUT2D eigenvalue weighted by atomic mass is 9.69. The fourth-order valence-corrected chi connectivity index (χ4v) is 11.4. The lowest BCUT2D eigenvalue weighted by molar-refractivity contribution is 0.124. The Kier molecular flexibility index (Phi) is 6.61. The van der Waals surface area contributed by atoms with Gasteiger partial charge in [-0.2, -0.15) is 4.31 Å².